The minimum absolute atomic E-state index is 0.173. The maximum absolute atomic E-state index is 12.6. The lowest BCUT2D eigenvalue weighted by Gasteiger charge is -2.14. The molecule has 1 aliphatic rings. The van der Waals surface area contributed by atoms with E-state index in [9.17, 15) is 25.0 Å². The predicted octanol–water partition coefficient (Wildman–Crippen LogP) is 6.50. The molecule has 1 heterocycles. The predicted molar refractivity (Wildman–Crippen MR) is 152 cm³/mol. The number of thioether (sulfide) groups is 1. The number of nitro benzene ring substituents is 2. The van der Waals surface area contributed by atoms with Crippen LogP contribution in [0.5, 0.6) is 17.2 Å². The van der Waals surface area contributed by atoms with Gasteiger partial charge in [-0.25, -0.2) is 4.99 Å². The van der Waals surface area contributed by atoms with E-state index >= 15 is 0 Å². The van der Waals surface area contributed by atoms with Gasteiger partial charge in [-0.1, -0.05) is 17.7 Å². The van der Waals surface area contributed by atoms with Crippen LogP contribution in [0.1, 0.15) is 18.1 Å². The summed E-state index contributed by atoms with van der Waals surface area (Å²) in [6.45, 7) is 4.02. The van der Waals surface area contributed by atoms with Gasteiger partial charge < -0.3 is 14.8 Å². The number of nitro groups is 2. The molecule has 3 aromatic carbocycles. The SMILES string of the molecule is CCOc1cc(/C=C2\SC(=Nc3ccc(C)cc3)NC2=O)cc(I)c1Oc1ccc([N+](=O)[O-])cc1[N+](=O)[O-]. The summed E-state index contributed by atoms with van der Waals surface area (Å²) in [5.74, 6) is 0.0245. The summed E-state index contributed by atoms with van der Waals surface area (Å²) in [6.07, 6.45) is 1.68. The van der Waals surface area contributed by atoms with E-state index < -0.39 is 21.2 Å². The number of non-ortho nitro benzene ring substituents is 1. The Morgan fingerprint density at radius 1 is 1.05 bits per heavy atom. The average molecular weight is 646 g/mol. The molecule has 38 heavy (non-hydrogen) atoms. The maximum atomic E-state index is 12.6. The highest BCUT2D eigenvalue weighted by molar-refractivity contribution is 14.1. The molecule has 0 spiro atoms. The van der Waals surface area contributed by atoms with Gasteiger partial charge in [0.15, 0.2) is 16.7 Å². The molecule has 13 heteroatoms. The smallest absolute Gasteiger partial charge is 0.318 e. The molecule has 1 amide bonds. The van der Waals surface area contributed by atoms with E-state index in [0.29, 0.717) is 19.2 Å². The number of ether oxygens (including phenoxy) is 2. The van der Waals surface area contributed by atoms with Gasteiger partial charge in [-0.15, -0.1) is 0 Å². The summed E-state index contributed by atoms with van der Waals surface area (Å²) >= 11 is 3.19. The average Bonchev–Trinajstić information content (AvgIpc) is 3.20. The summed E-state index contributed by atoms with van der Waals surface area (Å²) in [5.41, 5.74) is 1.48. The van der Waals surface area contributed by atoms with Crippen molar-refractivity contribution in [3.63, 3.8) is 0 Å². The van der Waals surface area contributed by atoms with Crippen molar-refractivity contribution in [1.82, 2.24) is 5.32 Å². The number of carbonyl (C=O) groups excluding carboxylic acids is 1. The molecule has 0 bridgehead atoms. The Bertz CT molecular complexity index is 1510. The number of halogens is 1. The molecule has 11 nitrogen and oxygen atoms in total. The van der Waals surface area contributed by atoms with E-state index in [2.05, 4.69) is 10.3 Å². The lowest BCUT2D eigenvalue weighted by atomic mass is 10.1. The van der Waals surface area contributed by atoms with Gasteiger partial charge in [0.1, 0.15) is 0 Å². The fraction of sp³-hybridized carbons (Fsp3) is 0.120. The number of nitrogens with one attached hydrogen (secondary N) is 1. The molecular weight excluding hydrogens is 627 g/mol. The first-order valence-electron chi connectivity index (χ1n) is 11.1. The molecule has 1 aliphatic heterocycles. The Morgan fingerprint density at radius 3 is 2.45 bits per heavy atom. The Labute approximate surface area is 234 Å². The van der Waals surface area contributed by atoms with Crippen LogP contribution in [0.3, 0.4) is 0 Å². The Kier molecular flexibility index (Phi) is 8.26. The number of carbonyl (C=O) groups is 1. The normalized spacial score (nSPS) is 15.0. The summed E-state index contributed by atoms with van der Waals surface area (Å²) in [4.78, 5) is 38.6. The molecule has 1 fully saturated rings. The Hall–Kier alpha value is -3.98. The van der Waals surface area contributed by atoms with Gasteiger partial charge in [-0.3, -0.25) is 25.0 Å². The second-order valence-electron chi connectivity index (χ2n) is 7.85. The molecular formula is C25H19IN4O7S. The first-order valence-corrected chi connectivity index (χ1v) is 13.0. The topological polar surface area (TPSA) is 146 Å². The van der Waals surface area contributed by atoms with E-state index in [0.717, 1.165) is 23.4 Å². The quantitative estimate of drug-likeness (QED) is 0.126. The molecule has 0 radical (unpaired) electrons. The van der Waals surface area contributed by atoms with Crippen molar-refractivity contribution in [3.8, 4) is 17.2 Å². The van der Waals surface area contributed by atoms with Crippen molar-refractivity contribution < 1.29 is 24.1 Å². The van der Waals surface area contributed by atoms with Crippen LogP contribution in [0, 0.1) is 30.7 Å². The van der Waals surface area contributed by atoms with Crippen LogP contribution in [-0.2, 0) is 4.79 Å². The minimum Gasteiger partial charge on any atom is -0.490 e. The molecule has 4 rings (SSSR count). The van der Waals surface area contributed by atoms with Crippen LogP contribution >= 0.6 is 34.4 Å². The first-order chi connectivity index (χ1) is 18.1. The third-order valence-corrected chi connectivity index (χ3v) is 6.82. The zero-order valence-corrected chi connectivity index (χ0v) is 22.9. The van der Waals surface area contributed by atoms with Crippen molar-refractivity contribution in [1.29, 1.82) is 0 Å². The number of nitrogens with zero attached hydrogens (tertiary/aromatic N) is 3. The standard InChI is InChI=1S/C25H19IN4O7S/c1-3-36-21-11-15(12-22-24(31)28-25(38-22)27-16-6-4-14(2)5-7-16)10-18(26)23(21)37-20-9-8-17(29(32)33)13-19(20)30(34)35/h4-13H,3H2,1-2H3,(H,27,28,31)/b22-12-. The van der Waals surface area contributed by atoms with E-state index in [1.165, 1.54) is 17.8 Å². The monoisotopic (exact) mass is 646 g/mol. The van der Waals surface area contributed by atoms with Crippen LogP contribution in [0.25, 0.3) is 6.08 Å². The van der Waals surface area contributed by atoms with Gasteiger partial charge in [0.25, 0.3) is 11.6 Å². The van der Waals surface area contributed by atoms with Crippen molar-refractivity contribution >= 4 is 68.6 Å². The fourth-order valence-corrected chi connectivity index (χ4v) is 4.94. The largest absolute Gasteiger partial charge is 0.490 e. The molecule has 0 saturated carbocycles. The minimum atomic E-state index is -0.750. The van der Waals surface area contributed by atoms with Crippen molar-refractivity contribution in [2.24, 2.45) is 4.99 Å². The van der Waals surface area contributed by atoms with Gasteiger partial charge in [0.2, 0.25) is 5.75 Å². The highest BCUT2D eigenvalue weighted by Gasteiger charge is 2.26. The maximum Gasteiger partial charge on any atom is 0.318 e. The number of benzene rings is 3. The van der Waals surface area contributed by atoms with E-state index in [1.807, 2.05) is 53.8 Å². The molecule has 3 aromatic rings. The van der Waals surface area contributed by atoms with E-state index in [1.54, 1.807) is 25.1 Å². The van der Waals surface area contributed by atoms with Crippen molar-refractivity contribution in [3.05, 3.63) is 94.4 Å². The highest BCUT2D eigenvalue weighted by atomic mass is 127. The third kappa shape index (κ3) is 6.28. The van der Waals surface area contributed by atoms with Crippen LogP contribution < -0.4 is 14.8 Å². The van der Waals surface area contributed by atoms with Crippen molar-refractivity contribution in [2.75, 3.05) is 6.61 Å². The number of amides is 1. The molecule has 194 valence electrons. The van der Waals surface area contributed by atoms with Gasteiger partial charge in [-0.05, 0) is 90.2 Å². The zero-order chi connectivity index (χ0) is 27.4. The van der Waals surface area contributed by atoms with Gasteiger partial charge in [0, 0.05) is 6.07 Å². The number of rotatable bonds is 8. The number of aliphatic imine (C=N–C) groups is 1. The van der Waals surface area contributed by atoms with E-state index in [4.69, 9.17) is 9.47 Å². The lowest BCUT2D eigenvalue weighted by molar-refractivity contribution is -0.394. The molecule has 1 N–H and O–H groups in total. The fourth-order valence-electron chi connectivity index (χ4n) is 3.36. The second-order valence-corrected chi connectivity index (χ2v) is 10.0. The lowest BCUT2D eigenvalue weighted by Crippen LogP contribution is -2.19. The number of aryl methyl sites for hydroxylation is 1. The number of hydrogen-bond donors (Lipinski definition) is 1. The summed E-state index contributed by atoms with van der Waals surface area (Å²) in [6, 6.07) is 14.1. The Balaban J connectivity index is 1.65. The zero-order valence-electron chi connectivity index (χ0n) is 20.0. The van der Waals surface area contributed by atoms with Gasteiger partial charge >= 0.3 is 5.69 Å². The van der Waals surface area contributed by atoms with Crippen molar-refractivity contribution in [2.45, 2.75) is 13.8 Å². The molecule has 0 atom stereocenters. The third-order valence-electron chi connectivity index (χ3n) is 5.11. The molecule has 0 unspecified atom stereocenters. The van der Waals surface area contributed by atoms with Crippen LogP contribution in [0.15, 0.2) is 64.5 Å². The van der Waals surface area contributed by atoms with Crippen LogP contribution in [0.4, 0.5) is 17.1 Å². The summed E-state index contributed by atoms with van der Waals surface area (Å²) in [5, 5.41) is 25.8. The second kappa shape index (κ2) is 11.6. The number of amidine groups is 1. The molecule has 0 aromatic heterocycles. The van der Waals surface area contributed by atoms with Gasteiger partial charge in [0.05, 0.1) is 36.7 Å². The molecule has 1 saturated heterocycles. The molecule has 0 aliphatic carbocycles. The Morgan fingerprint density at radius 2 is 1.79 bits per heavy atom. The summed E-state index contributed by atoms with van der Waals surface area (Å²) in [7, 11) is 0. The van der Waals surface area contributed by atoms with Crippen LogP contribution in [0.2, 0.25) is 0 Å². The summed E-state index contributed by atoms with van der Waals surface area (Å²) < 4.78 is 12.1. The van der Waals surface area contributed by atoms with Crippen LogP contribution in [-0.4, -0.2) is 27.5 Å². The van der Waals surface area contributed by atoms with Gasteiger partial charge in [-0.2, -0.15) is 0 Å². The van der Waals surface area contributed by atoms with E-state index in [-0.39, 0.29) is 29.8 Å². The highest BCUT2D eigenvalue weighted by Crippen LogP contribution is 2.42. The first kappa shape index (κ1) is 27.1. The number of hydrogen-bond acceptors (Lipinski definition) is 9.